The van der Waals surface area contributed by atoms with Gasteiger partial charge in [0.05, 0.1) is 6.54 Å². The van der Waals surface area contributed by atoms with E-state index in [4.69, 9.17) is 10.2 Å². The minimum atomic E-state index is 0.309. The molecule has 0 saturated carbocycles. The highest BCUT2D eigenvalue weighted by atomic mass is 16.4. The van der Waals surface area contributed by atoms with Crippen LogP contribution in [-0.4, -0.2) is 34.2 Å². The van der Waals surface area contributed by atoms with Crippen LogP contribution in [0.2, 0.25) is 0 Å². The van der Waals surface area contributed by atoms with E-state index in [2.05, 4.69) is 15.1 Å². The number of aromatic nitrogens is 2. The van der Waals surface area contributed by atoms with E-state index in [-0.39, 0.29) is 0 Å². The quantitative estimate of drug-likeness (QED) is 0.746. The Kier molecular flexibility index (Phi) is 2.79. The molecule has 0 aliphatic carbocycles. The van der Waals surface area contributed by atoms with Crippen molar-refractivity contribution in [1.82, 2.24) is 15.1 Å². The predicted molar refractivity (Wildman–Crippen MR) is 51.5 cm³/mol. The molecule has 5 nitrogen and oxygen atoms in total. The molecule has 5 heteroatoms. The van der Waals surface area contributed by atoms with Crippen molar-refractivity contribution in [2.75, 3.05) is 13.1 Å². The Balaban J connectivity index is 1.90. The first-order valence-electron chi connectivity index (χ1n) is 5.07. The fraction of sp³-hybridized carbons (Fsp3) is 0.778. The van der Waals surface area contributed by atoms with E-state index in [9.17, 15) is 0 Å². The van der Waals surface area contributed by atoms with Crippen molar-refractivity contribution < 1.29 is 4.42 Å². The summed E-state index contributed by atoms with van der Waals surface area (Å²) in [5, 5.41) is 7.90. The molecule has 0 amide bonds. The standard InChI is InChI=1S/C9H16N4O/c1-2-8-11-12-9(14-8)6-13-4-3-7(10)5-13/h7H,2-6,10H2,1H3/t7-/m1/s1. The van der Waals surface area contributed by atoms with Gasteiger partial charge in [-0.1, -0.05) is 6.92 Å². The number of hydrogen-bond acceptors (Lipinski definition) is 5. The molecule has 0 radical (unpaired) electrons. The fourth-order valence-electron chi connectivity index (χ4n) is 1.69. The van der Waals surface area contributed by atoms with Gasteiger partial charge in [-0.2, -0.15) is 0 Å². The van der Waals surface area contributed by atoms with Gasteiger partial charge in [0.15, 0.2) is 0 Å². The van der Waals surface area contributed by atoms with Crippen LogP contribution in [0.1, 0.15) is 25.1 Å². The number of rotatable bonds is 3. The number of nitrogens with zero attached hydrogens (tertiary/aromatic N) is 3. The van der Waals surface area contributed by atoms with Gasteiger partial charge in [0.25, 0.3) is 0 Å². The van der Waals surface area contributed by atoms with Crippen LogP contribution in [0.4, 0.5) is 0 Å². The number of likely N-dealkylation sites (tertiary alicyclic amines) is 1. The molecule has 1 aliphatic heterocycles. The molecule has 0 aromatic carbocycles. The van der Waals surface area contributed by atoms with Crippen molar-refractivity contribution in [2.24, 2.45) is 5.73 Å². The first-order valence-corrected chi connectivity index (χ1v) is 5.07. The summed E-state index contributed by atoms with van der Waals surface area (Å²) in [5.74, 6) is 1.42. The lowest BCUT2D eigenvalue weighted by molar-refractivity contribution is 0.283. The van der Waals surface area contributed by atoms with Gasteiger partial charge in [-0.25, -0.2) is 0 Å². The summed E-state index contributed by atoms with van der Waals surface area (Å²) in [5.41, 5.74) is 5.80. The second kappa shape index (κ2) is 4.06. The van der Waals surface area contributed by atoms with Crippen LogP contribution in [0.5, 0.6) is 0 Å². The first-order chi connectivity index (χ1) is 6.78. The van der Waals surface area contributed by atoms with Crippen molar-refractivity contribution in [1.29, 1.82) is 0 Å². The smallest absolute Gasteiger partial charge is 0.230 e. The van der Waals surface area contributed by atoms with Crippen LogP contribution >= 0.6 is 0 Å². The van der Waals surface area contributed by atoms with E-state index in [0.29, 0.717) is 17.8 Å². The SMILES string of the molecule is CCc1nnc(CN2CC[C@@H](N)C2)o1. The molecular formula is C9H16N4O. The van der Waals surface area contributed by atoms with E-state index in [1.165, 1.54) is 0 Å². The molecule has 1 aliphatic rings. The van der Waals surface area contributed by atoms with Crippen molar-refractivity contribution in [3.05, 3.63) is 11.8 Å². The van der Waals surface area contributed by atoms with Gasteiger partial charge in [0.2, 0.25) is 11.8 Å². The Bertz CT molecular complexity index is 299. The van der Waals surface area contributed by atoms with Gasteiger partial charge in [0.1, 0.15) is 0 Å². The van der Waals surface area contributed by atoms with Crippen LogP contribution in [0, 0.1) is 0 Å². The van der Waals surface area contributed by atoms with Gasteiger partial charge in [0, 0.05) is 25.6 Å². The molecule has 14 heavy (non-hydrogen) atoms. The van der Waals surface area contributed by atoms with E-state index in [1.54, 1.807) is 0 Å². The van der Waals surface area contributed by atoms with E-state index < -0.39 is 0 Å². The lowest BCUT2D eigenvalue weighted by Gasteiger charge is -2.11. The molecule has 0 unspecified atom stereocenters. The zero-order valence-corrected chi connectivity index (χ0v) is 8.44. The molecule has 0 bridgehead atoms. The van der Waals surface area contributed by atoms with Crippen molar-refractivity contribution in [3.8, 4) is 0 Å². The zero-order chi connectivity index (χ0) is 9.97. The fourth-order valence-corrected chi connectivity index (χ4v) is 1.69. The molecule has 2 heterocycles. The molecule has 1 aromatic rings. The maximum absolute atomic E-state index is 5.80. The summed E-state index contributed by atoms with van der Waals surface area (Å²) in [7, 11) is 0. The van der Waals surface area contributed by atoms with Crippen molar-refractivity contribution >= 4 is 0 Å². The lowest BCUT2D eigenvalue weighted by atomic mass is 10.3. The summed E-state index contributed by atoms with van der Waals surface area (Å²) in [4.78, 5) is 2.25. The molecular weight excluding hydrogens is 180 g/mol. The predicted octanol–water partition coefficient (Wildman–Crippen LogP) is 0.165. The monoisotopic (exact) mass is 196 g/mol. The Morgan fingerprint density at radius 1 is 1.50 bits per heavy atom. The maximum Gasteiger partial charge on any atom is 0.230 e. The third kappa shape index (κ3) is 2.10. The largest absolute Gasteiger partial charge is 0.424 e. The minimum Gasteiger partial charge on any atom is -0.424 e. The molecule has 2 N–H and O–H groups in total. The first kappa shape index (κ1) is 9.61. The third-order valence-corrected chi connectivity index (χ3v) is 2.48. The van der Waals surface area contributed by atoms with Crippen molar-refractivity contribution in [3.63, 3.8) is 0 Å². The van der Waals surface area contributed by atoms with Gasteiger partial charge in [-0.3, -0.25) is 4.90 Å². The summed E-state index contributed by atoms with van der Waals surface area (Å²) in [6.45, 7) is 4.71. The Morgan fingerprint density at radius 2 is 2.29 bits per heavy atom. The van der Waals surface area contributed by atoms with Crippen LogP contribution < -0.4 is 5.73 Å². The second-order valence-corrected chi connectivity index (χ2v) is 3.73. The topological polar surface area (TPSA) is 68.2 Å². The minimum absolute atomic E-state index is 0.309. The lowest BCUT2D eigenvalue weighted by Crippen LogP contribution is -2.26. The zero-order valence-electron chi connectivity index (χ0n) is 8.44. The van der Waals surface area contributed by atoms with Gasteiger partial charge < -0.3 is 10.2 Å². The molecule has 1 saturated heterocycles. The maximum atomic E-state index is 5.80. The molecule has 2 rings (SSSR count). The second-order valence-electron chi connectivity index (χ2n) is 3.73. The van der Waals surface area contributed by atoms with Crippen LogP contribution in [0.15, 0.2) is 4.42 Å². The Hall–Kier alpha value is -0.940. The van der Waals surface area contributed by atoms with Gasteiger partial charge >= 0.3 is 0 Å². The summed E-state index contributed by atoms with van der Waals surface area (Å²) >= 11 is 0. The molecule has 78 valence electrons. The Labute approximate surface area is 83.3 Å². The molecule has 1 fully saturated rings. The number of nitrogens with two attached hydrogens (primary N) is 1. The Morgan fingerprint density at radius 3 is 2.86 bits per heavy atom. The average Bonchev–Trinajstić information content (AvgIpc) is 2.76. The third-order valence-electron chi connectivity index (χ3n) is 2.48. The molecule has 0 spiro atoms. The van der Waals surface area contributed by atoms with Gasteiger partial charge in [-0.05, 0) is 6.42 Å². The van der Waals surface area contributed by atoms with E-state index >= 15 is 0 Å². The normalized spacial score (nSPS) is 23.1. The van der Waals surface area contributed by atoms with Crippen LogP contribution in [0.25, 0.3) is 0 Å². The van der Waals surface area contributed by atoms with Crippen molar-refractivity contribution in [2.45, 2.75) is 32.4 Å². The highest BCUT2D eigenvalue weighted by Gasteiger charge is 2.20. The summed E-state index contributed by atoms with van der Waals surface area (Å²) in [6, 6.07) is 0.309. The van der Waals surface area contributed by atoms with E-state index in [1.807, 2.05) is 6.92 Å². The highest BCUT2D eigenvalue weighted by molar-refractivity contribution is 4.85. The molecule has 1 aromatic heterocycles. The number of aryl methyl sites for hydroxylation is 1. The summed E-state index contributed by atoms with van der Waals surface area (Å²) in [6.07, 6.45) is 1.86. The average molecular weight is 196 g/mol. The summed E-state index contributed by atoms with van der Waals surface area (Å²) < 4.78 is 5.43. The number of hydrogen-bond donors (Lipinski definition) is 1. The molecule has 1 atom stereocenters. The van der Waals surface area contributed by atoms with Crippen LogP contribution in [-0.2, 0) is 13.0 Å². The van der Waals surface area contributed by atoms with Gasteiger partial charge in [-0.15, -0.1) is 10.2 Å². The van der Waals surface area contributed by atoms with E-state index in [0.717, 1.165) is 32.5 Å². The highest BCUT2D eigenvalue weighted by Crippen LogP contribution is 2.11. The van der Waals surface area contributed by atoms with Crippen LogP contribution in [0.3, 0.4) is 0 Å².